The van der Waals surface area contributed by atoms with Gasteiger partial charge in [-0.2, -0.15) is 0 Å². The third-order valence-corrected chi connectivity index (χ3v) is 7.34. The number of carbonyl (C=O) groups is 1. The molecule has 1 aliphatic carbocycles. The minimum absolute atomic E-state index is 0. The highest BCUT2D eigenvalue weighted by atomic mass is 127. The Bertz CT molecular complexity index is 1030. The lowest BCUT2D eigenvalue weighted by atomic mass is 9.86. The summed E-state index contributed by atoms with van der Waals surface area (Å²) in [6, 6.07) is 16.9. The molecule has 1 unspecified atom stereocenters. The zero-order chi connectivity index (χ0) is 22.7. The van der Waals surface area contributed by atoms with Gasteiger partial charge < -0.3 is 20.3 Å². The van der Waals surface area contributed by atoms with E-state index in [-0.39, 0.29) is 41.5 Å². The predicted octanol–water partition coefficient (Wildman–Crippen LogP) is 4.93. The average Bonchev–Trinajstić information content (AvgIpc) is 3.46. The molecular weight excluding hydrogens is 539 g/mol. The van der Waals surface area contributed by atoms with E-state index in [0.29, 0.717) is 19.5 Å². The summed E-state index contributed by atoms with van der Waals surface area (Å²) in [6.07, 6.45) is 7.30. The maximum Gasteiger partial charge on any atom is 0.222 e. The van der Waals surface area contributed by atoms with Crippen molar-refractivity contribution < 1.29 is 9.53 Å². The van der Waals surface area contributed by atoms with Crippen molar-refractivity contribution in [1.29, 1.82) is 0 Å². The number of rotatable bonds is 5. The Labute approximate surface area is 219 Å². The fourth-order valence-corrected chi connectivity index (χ4v) is 5.57. The Hall–Kier alpha value is -2.29. The van der Waals surface area contributed by atoms with Gasteiger partial charge in [0.25, 0.3) is 0 Å². The van der Waals surface area contributed by atoms with E-state index in [1.165, 1.54) is 29.5 Å². The minimum Gasteiger partial charge on any atom is -0.487 e. The van der Waals surface area contributed by atoms with Crippen LogP contribution in [0.2, 0.25) is 0 Å². The first-order valence-electron chi connectivity index (χ1n) is 12.3. The maximum atomic E-state index is 12.1. The lowest BCUT2D eigenvalue weighted by molar-refractivity contribution is -0.128. The topological polar surface area (TPSA) is 66.0 Å². The number of likely N-dealkylation sites (tertiary alicyclic amines) is 1. The van der Waals surface area contributed by atoms with Gasteiger partial charge in [-0.25, -0.2) is 0 Å². The fourth-order valence-electron chi connectivity index (χ4n) is 5.57. The highest BCUT2D eigenvalue weighted by molar-refractivity contribution is 14.0. The second-order valence-electron chi connectivity index (χ2n) is 9.54. The second-order valence-corrected chi connectivity index (χ2v) is 9.54. The molecule has 2 heterocycles. The molecule has 1 atom stereocenters. The van der Waals surface area contributed by atoms with E-state index in [9.17, 15) is 4.79 Å². The molecule has 2 aromatic carbocycles. The number of nitrogens with zero attached hydrogens (tertiary/aromatic N) is 2. The molecule has 1 amide bonds. The van der Waals surface area contributed by atoms with Crippen LogP contribution in [-0.4, -0.2) is 36.0 Å². The summed E-state index contributed by atoms with van der Waals surface area (Å²) in [7, 11) is 1.82. The monoisotopic (exact) mass is 574 g/mol. The van der Waals surface area contributed by atoms with Crippen molar-refractivity contribution in [2.45, 2.75) is 69.7 Å². The molecular formula is C27H35IN4O2. The zero-order valence-corrected chi connectivity index (χ0v) is 22.2. The molecule has 2 aliphatic heterocycles. The molecule has 182 valence electrons. The SMILES string of the molecule is CN=C(NCc1ccccc1CN1CCCC1=O)NC1CC2(CCCC2)Oc2ccccc21.I. The Morgan fingerprint density at radius 3 is 2.56 bits per heavy atom. The quantitative estimate of drug-likeness (QED) is 0.302. The van der Waals surface area contributed by atoms with E-state index in [4.69, 9.17) is 4.74 Å². The molecule has 2 N–H and O–H groups in total. The molecule has 6 nitrogen and oxygen atoms in total. The van der Waals surface area contributed by atoms with E-state index in [1.807, 2.05) is 18.0 Å². The first-order valence-corrected chi connectivity index (χ1v) is 12.3. The highest BCUT2D eigenvalue weighted by Crippen LogP contribution is 2.46. The molecule has 1 spiro atoms. The fraction of sp³-hybridized carbons (Fsp3) is 0.481. The summed E-state index contributed by atoms with van der Waals surface area (Å²) in [5, 5.41) is 7.19. The largest absolute Gasteiger partial charge is 0.487 e. The van der Waals surface area contributed by atoms with Crippen LogP contribution in [0.25, 0.3) is 0 Å². The maximum absolute atomic E-state index is 12.1. The second kappa shape index (κ2) is 11.0. The number of hydrogen-bond acceptors (Lipinski definition) is 3. The first kappa shape index (κ1) is 24.8. The van der Waals surface area contributed by atoms with Gasteiger partial charge in [0, 0.05) is 45.1 Å². The summed E-state index contributed by atoms with van der Waals surface area (Å²) in [6.45, 7) is 2.20. The molecule has 5 rings (SSSR count). The molecule has 0 bridgehead atoms. The average molecular weight is 575 g/mol. The molecule has 3 aliphatic rings. The van der Waals surface area contributed by atoms with E-state index >= 15 is 0 Å². The van der Waals surface area contributed by atoms with Crippen molar-refractivity contribution in [3.8, 4) is 5.75 Å². The number of carbonyl (C=O) groups excluding carboxylic acids is 1. The Kier molecular flexibility index (Phi) is 8.01. The highest BCUT2D eigenvalue weighted by Gasteiger charge is 2.43. The van der Waals surface area contributed by atoms with Gasteiger partial charge in [0.15, 0.2) is 5.96 Å². The van der Waals surface area contributed by atoms with E-state index in [0.717, 1.165) is 43.9 Å². The molecule has 34 heavy (non-hydrogen) atoms. The smallest absolute Gasteiger partial charge is 0.222 e. The van der Waals surface area contributed by atoms with Gasteiger partial charge in [-0.3, -0.25) is 9.79 Å². The molecule has 0 aromatic heterocycles. The number of nitrogens with one attached hydrogen (secondary N) is 2. The van der Waals surface area contributed by atoms with E-state index in [2.05, 4.69) is 58.1 Å². The number of aliphatic imine (C=N–C) groups is 1. The van der Waals surface area contributed by atoms with Gasteiger partial charge in [0.2, 0.25) is 5.91 Å². The molecule has 1 saturated carbocycles. The van der Waals surface area contributed by atoms with Gasteiger partial charge in [0.1, 0.15) is 11.4 Å². The predicted molar refractivity (Wildman–Crippen MR) is 145 cm³/mol. The Morgan fingerprint density at radius 2 is 1.82 bits per heavy atom. The van der Waals surface area contributed by atoms with Gasteiger partial charge in [-0.1, -0.05) is 42.5 Å². The van der Waals surface area contributed by atoms with Crippen LogP contribution in [0.15, 0.2) is 53.5 Å². The number of halogens is 1. The third-order valence-electron chi connectivity index (χ3n) is 7.34. The van der Waals surface area contributed by atoms with Crippen molar-refractivity contribution in [3.05, 3.63) is 65.2 Å². The number of hydrogen-bond donors (Lipinski definition) is 2. The van der Waals surface area contributed by atoms with Crippen LogP contribution in [0.3, 0.4) is 0 Å². The standard InChI is InChI=1S/C27H34N4O2.HI/c1-28-26(29-18-20-9-2-3-10-21(20)19-31-16-8-13-25(31)32)30-23-17-27(14-6-7-15-27)33-24-12-5-4-11-22(23)24;/h2-5,9-12,23H,6-8,13-19H2,1H3,(H2,28,29,30);1H. The van der Waals surface area contributed by atoms with Crippen molar-refractivity contribution in [3.63, 3.8) is 0 Å². The molecule has 1 saturated heterocycles. The zero-order valence-electron chi connectivity index (χ0n) is 19.9. The van der Waals surface area contributed by atoms with Crippen molar-refractivity contribution in [1.82, 2.24) is 15.5 Å². The van der Waals surface area contributed by atoms with Crippen molar-refractivity contribution >= 4 is 35.8 Å². The summed E-state index contributed by atoms with van der Waals surface area (Å²) >= 11 is 0. The van der Waals surface area contributed by atoms with Gasteiger partial charge in [-0.15, -0.1) is 24.0 Å². The van der Waals surface area contributed by atoms with Crippen molar-refractivity contribution in [2.75, 3.05) is 13.6 Å². The van der Waals surface area contributed by atoms with Crippen LogP contribution in [-0.2, 0) is 17.9 Å². The lowest BCUT2D eigenvalue weighted by Crippen LogP contribution is -2.46. The van der Waals surface area contributed by atoms with Crippen LogP contribution in [0.4, 0.5) is 0 Å². The first-order chi connectivity index (χ1) is 16.2. The summed E-state index contributed by atoms with van der Waals surface area (Å²) in [4.78, 5) is 18.6. The summed E-state index contributed by atoms with van der Waals surface area (Å²) in [5.41, 5.74) is 3.53. The number of ether oxygens (including phenoxy) is 1. The molecule has 7 heteroatoms. The van der Waals surface area contributed by atoms with Crippen LogP contribution < -0.4 is 15.4 Å². The normalized spacial score (nSPS) is 21.1. The lowest BCUT2D eigenvalue weighted by Gasteiger charge is -2.40. The minimum atomic E-state index is -0.0558. The van der Waals surface area contributed by atoms with Crippen molar-refractivity contribution in [2.24, 2.45) is 4.99 Å². The third kappa shape index (κ3) is 5.34. The van der Waals surface area contributed by atoms with Crippen LogP contribution >= 0.6 is 24.0 Å². The number of para-hydroxylation sites is 1. The van der Waals surface area contributed by atoms with Crippen LogP contribution in [0, 0.1) is 0 Å². The molecule has 0 radical (unpaired) electrons. The number of guanidine groups is 1. The van der Waals surface area contributed by atoms with Gasteiger partial charge >= 0.3 is 0 Å². The van der Waals surface area contributed by atoms with Gasteiger partial charge in [0.05, 0.1) is 6.04 Å². The van der Waals surface area contributed by atoms with Crippen LogP contribution in [0.1, 0.15) is 67.7 Å². The number of fused-ring (bicyclic) bond motifs is 1. The number of benzene rings is 2. The molecule has 2 aromatic rings. The van der Waals surface area contributed by atoms with E-state index < -0.39 is 0 Å². The number of amides is 1. The Morgan fingerprint density at radius 1 is 1.09 bits per heavy atom. The Balaban J connectivity index is 0.00000274. The van der Waals surface area contributed by atoms with Crippen LogP contribution in [0.5, 0.6) is 5.75 Å². The molecule has 2 fully saturated rings. The van der Waals surface area contributed by atoms with E-state index in [1.54, 1.807) is 0 Å². The van der Waals surface area contributed by atoms with Gasteiger partial charge in [-0.05, 0) is 49.3 Å². The summed E-state index contributed by atoms with van der Waals surface area (Å²) in [5.74, 6) is 2.05. The summed E-state index contributed by atoms with van der Waals surface area (Å²) < 4.78 is 6.51.